The number of amides is 2. The maximum atomic E-state index is 12.3. The minimum absolute atomic E-state index is 0.0446. The molecule has 2 amide bonds. The lowest BCUT2D eigenvalue weighted by atomic mass is 10.1. The monoisotopic (exact) mass is 295 g/mol. The van der Waals surface area contributed by atoms with Gasteiger partial charge in [0.05, 0.1) is 25.7 Å². The molecule has 6 heteroatoms. The second-order valence-electron chi connectivity index (χ2n) is 6.24. The highest BCUT2D eigenvalue weighted by atomic mass is 16.5. The Morgan fingerprint density at radius 2 is 2.10 bits per heavy atom. The fraction of sp³-hybridized carbons (Fsp3) is 0.867. The molecule has 118 valence electrons. The first kappa shape index (κ1) is 14.8. The number of ether oxygens (including phenoxy) is 1. The van der Waals surface area contributed by atoms with Gasteiger partial charge in [-0.25, -0.2) is 0 Å². The summed E-state index contributed by atoms with van der Waals surface area (Å²) in [5.74, 6) is 0.160. The fourth-order valence-electron chi connectivity index (χ4n) is 3.58. The smallest absolute Gasteiger partial charge is 0.242 e. The predicted molar refractivity (Wildman–Crippen MR) is 77.8 cm³/mol. The number of carbonyl (C=O) groups excluding carboxylic acids is 2. The molecule has 3 aliphatic rings. The summed E-state index contributed by atoms with van der Waals surface area (Å²) in [5.41, 5.74) is 0. The van der Waals surface area contributed by atoms with E-state index in [2.05, 4.69) is 5.32 Å². The highest BCUT2D eigenvalue weighted by Crippen LogP contribution is 2.25. The Morgan fingerprint density at radius 3 is 2.76 bits per heavy atom. The summed E-state index contributed by atoms with van der Waals surface area (Å²) in [6.45, 7) is 3.84. The summed E-state index contributed by atoms with van der Waals surface area (Å²) in [7, 11) is 0. The zero-order chi connectivity index (χ0) is 14.7. The van der Waals surface area contributed by atoms with Gasteiger partial charge in [0, 0.05) is 32.2 Å². The summed E-state index contributed by atoms with van der Waals surface area (Å²) in [5, 5.41) is 3.23. The summed E-state index contributed by atoms with van der Waals surface area (Å²) in [6, 6.07) is 0.417. The van der Waals surface area contributed by atoms with Crippen molar-refractivity contribution in [3.63, 3.8) is 0 Å². The van der Waals surface area contributed by atoms with Crippen LogP contribution in [0.15, 0.2) is 0 Å². The van der Waals surface area contributed by atoms with Crippen molar-refractivity contribution in [2.45, 2.75) is 44.2 Å². The molecule has 0 radical (unpaired) electrons. The van der Waals surface area contributed by atoms with Crippen LogP contribution in [0, 0.1) is 0 Å². The molecule has 3 rings (SSSR count). The van der Waals surface area contributed by atoms with Crippen LogP contribution in [0.25, 0.3) is 0 Å². The summed E-state index contributed by atoms with van der Waals surface area (Å²) >= 11 is 0. The van der Waals surface area contributed by atoms with Gasteiger partial charge in [0.15, 0.2) is 0 Å². The van der Waals surface area contributed by atoms with Crippen molar-refractivity contribution in [1.82, 2.24) is 15.1 Å². The SMILES string of the molecule is O=C(CC1CNCCO1)N1CCN(C2CCCC2)C(=O)C1. The van der Waals surface area contributed by atoms with Crippen molar-refractivity contribution in [1.29, 1.82) is 0 Å². The number of nitrogens with one attached hydrogen (secondary N) is 1. The van der Waals surface area contributed by atoms with Crippen molar-refractivity contribution >= 4 is 11.8 Å². The Morgan fingerprint density at radius 1 is 1.29 bits per heavy atom. The normalized spacial score (nSPS) is 28.2. The largest absolute Gasteiger partial charge is 0.375 e. The van der Waals surface area contributed by atoms with Gasteiger partial charge in [-0.05, 0) is 12.8 Å². The van der Waals surface area contributed by atoms with E-state index in [-0.39, 0.29) is 24.5 Å². The van der Waals surface area contributed by atoms with Crippen molar-refractivity contribution in [2.75, 3.05) is 39.3 Å². The molecule has 2 heterocycles. The van der Waals surface area contributed by atoms with E-state index in [9.17, 15) is 9.59 Å². The number of hydrogen-bond donors (Lipinski definition) is 1. The van der Waals surface area contributed by atoms with E-state index in [1.807, 2.05) is 4.90 Å². The minimum Gasteiger partial charge on any atom is -0.375 e. The van der Waals surface area contributed by atoms with Crippen molar-refractivity contribution in [3.05, 3.63) is 0 Å². The molecular formula is C15H25N3O3. The minimum atomic E-state index is -0.0470. The Balaban J connectivity index is 1.49. The average Bonchev–Trinajstić information content (AvgIpc) is 3.02. The molecular weight excluding hydrogens is 270 g/mol. The van der Waals surface area contributed by atoms with Crippen LogP contribution in [-0.4, -0.2) is 73.1 Å². The zero-order valence-electron chi connectivity index (χ0n) is 12.6. The average molecular weight is 295 g/mol. The van der Waals surface area contributed by atoms with Gasteiger partial charge in [-0.15, -0.1) is 0 Å². The Hall–Kier alpha value is -1.14. The van der Waals surface area contributed by atoms with E-state index < -0.39 is 0 Å². The highest BCUT2D eigenvalue weighted by Gasteiger charge is 2.33. The third kappa shape index (κ3) is 3.55. The topological polar surface area (TPSA) is 61.9 Å². The van der Waals surface area contributed by atoms with Gasteiger partial charge in [0.25, 0.3) is 0 Å². The number of morpholine rings is 1. The Bertz CT molecular complexity index is 390. The molecule has 3 fully saturated rings. The lowest BCUT2D eigenvalue weighted by molar-refractivity contribution is -0.148. The number of carbonyl (C=O) groups is 2. The summed E-state index contributed by atoms with van der Waals surface area (Å²) < 4.78 is 5.56. The van der Waals surface area contributed by atoms with Crippen molar-refractivity contribution in [2.24, 2.45) is 0 Å². The van der Waals surface area contributed by atoms with Gasteiger partial charge in [-0.3, -0.25) is 9.59 Å². The third-order valence-electron chi connectivity index (χ3n) is 4.78. The van der Waals surface area contributed by atoms with Gasteiger partial charge < -0.3 is 19.9 Å². The number of piperazine rings is 1. The quantitative estimate of drug-likeness (QED) is 0.795. The van der Waals surface area contributed by atoms with Crippen molar-refractivity contribution in [3.8, 4) is 0 Å². The Kier molecular flexibility index (Phi) is 4.75. The fourth-order valence-corrected chi connectivity index (χ4v) is 3.58. The van der Waals surface area contributed by atoms with Gasteiger partial charge in [0.2, 0.25) is 11.8 Å². The Labute approximate surface area is 125 Å². The summed E-state index contributed by atoms with van der Waals surface area (Å²) in [6.07, 6.45) is 5.03. The standard InChI is InChI=1S/C15H25N3O3/c19-14(9-13-10-16-5-8-21-13)17-6-7-18(15(20)11-17)12-3-1-2-4-12/h12-13,16H,1-11H2. The molecule has 0 spiro atoms. The highest BCUT2D eigenvalue weighted by molar-refractivity contribution is 5.86. The van der Waals surface area contributed by atoms with Crippen LogP contribution < -0.4 is 5.32 Å². The van der Waals surface area contributed by atoms with E-state index in [4.69, 9.17) is 4.74 Å². The van der Waals surface area contributed by atoms with E-state index in [0.717, 1.165) is 25.9 Å². The van der Waals surface area contributed by atoms with Crippen LogP contribution in [-0.2, 0) is 14.3 Å². The van der Waals surface area contributed by atoms with Crippen molar-refractivity contribution < 1.29 is 14.3 Å². The molecule has 1 atom stereocenters. The maximum Gasteiger partial charge on any atom is 0.242 e. The van der Waals surface area contributed by atoms with E-state index in [0.29, 0.717) is 32.2 Å². The van der Waals surface area contributed by atoms with Gasteiger partial charge in [-0.2, -0.15) is 0 Å². The molecule has 0 aromatic carbocycles. The van der Waals surface area contributed by atoms with Crippen LogP contribution in [0.1, 0.15) is 32.1 Å². The van der Waals surface area contributed by atoms with E-state index in [1.54, 1.807) is 4.90 Å². The molecule has 1 unspecified atom stereocenters. The molecule has 1 aliphatic carbocycles. The van der Waals surface area contributed by atoms with Gasteiger partial charge >= 0.3 is 0 Å². The number of hydrogen-bond acceptors (Lipinski definition) is 4. The molecule has 2 aliphatic heterocycles. The molecule has 6 nitrogen and oxygen atoms in total. The van der Waals surface area contributed by atoms with Gasteiger partial charge in [-0.1, -0.05) is 12.8 Å². The zero-order valence-corrected chi connectivity index (χ0v) is 12.6. The van der Waals surface area contributed by atoms with E-state index >= 15 is 0 Å². The molecule has 0 aromatic rings. The molecule has 0 aromatic heterocycles. The molecule has 1 saturated carbocycles. The first-order valence-electron chi connectivity index (χ1n) is 8.13. The van der Waals surface area contributed by atoms with Crippen LogP contribution in [0.2, 0.25) is 0 Å². The van der Waals surface area contributed by atoms with E-state index in [1.165, 1.54) is 12.8 Å². The number of rotatable bonds is 3. The first-order chi connectivity index (χ1) is 10.2. The van der Waals surface area contributed by atoms with Gasteiger partial charge in [0.1, 0.15) is 0 Å². The van der Waals surface area contributed by atoms with Crippen LogP contribution in [0.5, 0.6) is 0 Å². The molecule has 2 saturated heterocycles. The lowest BCUT2D eigenvalue weighted by Crippen LogP contribution is -2.55. The lowest BCUT2D eigenvalue weighted by Gasteiger charge is -2.38. The second-order valence-corrected chi connectivity index (χ2v) is 6.24. The van der Waals surface area contributed by atoms with Crippen LogP contribution >= 0.6 is 0 Å². The first-order valence-corrected chi connectivity index (χ1v) is 8.13. The molecule has 1 N–H and O–H groups in total. The number of nitrogens with zero attached hydrogens (tertiary/aromatic N) is 2. The predicted octanol–water partition coefficient (Wildman–Crippen LogP) is -0.0217. The summed E-state index contributed by atoms with van der Waals surface area (Å²) in [4.78, 5) is 28.3. The molecule has 0 bridgehead atoms. The third-order valence-corrected chi connectivity index (χ3v) is 4.78. The second kappa shape index (κ2) is 6.75. The van der Waals surface area contributed by atoms with Crippen LogP contribution in [0.4, 0.5) is 0 Å². The van der Waals surface area contributed by atoms with Crippen LogP contribution in [0.3, 0.4) is 0 Å². The molecule has 21 heavy (non-hydrogen) atoms. The maximum absolute atomic E-state index is 12.3.